The summed E-state index contributed by atoms with van der Waals surface area (Å²) in [5, 5.41) is 4.65. The molecule has 154 valence electrons. The van der Waals surface area contributed by atoms with Crippen molar-refractivity contribution >= 4 is 17.5 Å². The van der Waals surface area contributed by atoms with Gasteiger partial charge in [0.05, 0.1) is 0 Å². The number of anilines is 2. The number of nitrogens with zero attached hydrogens (tertiary/aromatic N) is 3. The number of likely N-dealkylation sites (tertiary alicyclic amines) is 1. The van der Waals surface area contributed by atoms with Crippen LogP contribution < -0.4 is 10.2 Å². The third-order valence-electron chi connectivity index (χ3n) is 6.55. The van der Waals surface area contributed by atoms with Crippen molar-refractivity contribution in [1.82, 2.24) is 9.96 Å². The van der Waals surface area contributed by atoms with E-state index in [9.17, 15) is 4.79 Å². The summed E-state index contributed by atoms with van der Waals surface area (Å²) in [5.41, 5.74) is 3.28. The molecule has 2 atom stereocenters. The first-order chi connectivity index (χ1) is 13.6. The molecular formula is C22H34N4O2. The highest BCUT2D eigenvalue weighted by Gasteiger charge is 2.33. The third-order valence-corrected chi connectivity index (χ3v) is 6.55. The summed E-state index contributed by atoms with van der Waals surface area (Å²) in [6.07, 6.45) is 6.93. The van der Waals surface area contributed by atoms with Crippen LogP contribution in [0.2, 0.25) is 0 Å². The second-order valence-corrected chi connectivity index (χ2v) is 8.61. The predicted molar refractivity (Wildman–Crippen MR) is 113 cm³/mol. The molecule has 2 unspecified atom stereocenters. The lowest BCUT2D eigenvalue weighted by Crippen LogP contribution is -2.39. The fourth-order valence-electron chi connectivity index (χ4n) is 5.03. The monoisotopic (exact) mass is 386 g/mol. The van der Waals surface area contributed by atoms with Crippen LogP contribution in [0.1, 0.15) is 51.0 Å². The molecule has 0 radical (unpaired) electrons. The summed E-state index contributed by atoms with van der Waals surface area (Å²) >= 11 is 0. The molecule has 1 aromatic rings. The molecule has 1 aromatic carbocycles. The first kappa shape index (κ1) is 19.5. The van der Waals surface area contributed by atoms with Gasteiger partial charge >= 0.3 is 6.09 Å². The van der Waals surface area contributed by atoms with Crippen molar-refractivity contribution in [2.75, 3.05) is 42.9 Å². The maximum atomic E-state index is 12.2. The van der Waals surface area contributed by atoms with Crippen molar-refractivity contribution in [3.05, 3.63) is 23.8 Å². The van der Waals surface area contributed by atoms with E-state index >= 15 is 0 Å². The number of piperidine rings is 1. The van der Waals surface area contributed by atoms with Gasteiger partial charge in [0.1, 0.15) is 0 Å². The molecule has 3 heterocycles. The molecule has 4 rings (SSSR count). The standard InChI is InChI=1S/C22H34N4O2/c1-17-15-19(23-22(27)28-25-11-4-3-5-12-25)8-9-21(17)24-14-10-20(16-24)26-13-6-7-18(26)2/h8-9,15,18,20H,3-7,10-14,16H2,1-2H3,(H,23,27). The van der Waals surface area contributed by atoms with Gasteiger partial charge in [-0.25, -0.2) is 4.79 Å². The molecule has 0 aliphatic carbocycles. The Labute approximate surface area is 168 Å². The van der Waals surface area contributed by atoms with Crippen molar-refractivity contribution in [3.8, 4) is 0 Å². The zero-order valence-electron chi connectivity index (χ0n) is 17.3. The van der Waals surface area contributed by atoms with Crippen LogP contribution in [0.4, 0.5) is 16.2 Å². The molecule has 0 spiro atoms. The molecule has 0 aromatic heterocycles. The van der Waals surface area contributed by atoms with Crippen LogP contribution in [0.25, 0.3) is 0 Å². The smallest absolute Gasteiger partial charge is 0.370 e. The number of nitrogens with one attached hydrogen (secondary N) is 1. The van der Waals surface area contributed by atoms with E-state index in [1.54, 1.807) is 5.06 Å². The number of amides is 1. The van der Waals surface area contributed by atoms with Gasteiger partial charge in [0.2, 0.25) is 0 Å². The number of carbonyl (C=O) groups is 1. The molecule has 3 aliphatic rings. The van der Waals surface area contributed by atoms with Gasteiger partial charge < -0.3 is 9.74 Å². The van der Waals surface area contributed by atoms with Crippen molar-refractivity contribution in [2.45, 2.75) is 64.5 Å². The van der Waals surface area contributed by atoms with E-state index in [-0.39, 0.29) is 0 Å². The number of hydrogen-bond donors (Lipinski definition) is 1. The minimum atomic E-state index is -0.390. The quantitative estimate of drug-likeness (QED) is 0.847. The topological polar surface area (TPSA) is 48.1 Å². The Morgan fingerprint density at radius 1 is 1.07 bits per heavy atom. The van der Waals surface area contributed by atoms with Crippen molar-refractivity contribution < 1.29 is 9.63 Å². The van der Waals surface area contributed by atoms with Crippen LogP contribution in [-0.4, -0.2) is 60.9 Å². The molecule has 1 amide bonds. The molecule has 3 saturated heterocycles. The Morgan fingerprint density at radius 3 is 2.61 bits per heavy atom. The molecule has 0 saturated carbocycles. The van der Waals surface area contributed by atoms with Crippen LogP contribution in [0, 0.1) is 6.92 Å². The number of aryl methyl sites for hydroxylation is 1. The highest BCUT2D eigenvalue weighted by molar-refractivity contribution is 5.85. The van der Waals surface area contributed by atoms with Crippen molar-refractivity contribution in [3.63, 3.8) is 0 Å². The van der Waals surface area contributed by atoms with Gasteiger partial charge in [-0.3, -0.25) is 10.2 Å². The van der Waals surface area contributed by atoms with Gasteiger partial charge in [0, 0.05) is 49.6 Å². The molecule has 1 N–H and O–H groups in total. The Balaban J connectivity index is 1.33. The summed E-state index contributed by atoms with van der Waals surface area (Å²) in [5.74, 6) is 0. The summed E-state index contributed by atoms with van der Waals surface area (Å²) in [6, 6.07) is 7.59. The number of benzene rings is 1. The normalized spacial score (nSPS) is 26.6. The fourth-order valence-corrected chi connectivity index (χ4v) is 5.03. The predicted octanol–water partition coefficient (Wildman–Crippen LogP) is 4.01. The minimum absolute atomic E-state index is 0.390. The molecule has 3 aliphatic heterocycles. The van der Waals surface area contributed by atoms with Crippen LogP contribution in [0.15, 0.2) is 18.2 Å². The lowest BCUT2D eigenvalue weighted by atomic mass is 10.1. The van der Waals surface area contributed by atoms with Crippen LogP contribution in [-0.2, 0) is 4.84 Å². The highest BCUT2D eigenvalue weighted by Crippen LogP contribution is 2.31. The maximum absolute atomic E-state index is 12.2. The molecule has 6 nitrogen and oxygen atoms in total. The van der Waals surface area contributed by atoms with E-state index in [4.69, 9.17) is 4.84 Å². The summed E-state index contributed by atoms with van der Waals surface area (Å²) < 4.78 is 0. The van der Waals surface area contributed by atoms with E-state index in [1.807, 2.05) is 6.07 Å². The Morgan fingerprint density at radius 2 is 1.89 bits per heavy atom. The molecule has 3 fully saturated rings. The van der Waals surface area contributed by atoms with Crippen molar-refractivity contribution in [2.24, 2.45) is 0 Å². The Hall–Kier alpha value is -1.79. The Kier molecular flexibility index (Phi) is 6.07. The van der Waals surface area contributed by atoms with Gasteiger partial charge in [0.15, 0.2) is 0 Å². The lowest BCUT2D eigenvalue weighted by Gasteiger charge is -2.29. The Bertz CT molecular complexity index is 689. The van der Waals surface area contributed by atoms with Gasteiger partial charge in [-0.1, -0.05) is 6.42 Å². The highest BCUT2D eigenvalue weighted by atomic mass is 16.7. The minimum Gasteiger partial charge on any atom is -0.370 e. The number of hydroxylamine groups is 2. The fraction of sp³-hybridized carbons (Fsp3) is 0.682. The second-order valence-electron chi connectivity index (χ2n) is 8.61. The zero-order chi connectivity index (χ0) is 19.5. The van der Waals surface area contributed by atoms with Gasteiger partial charge in [-0.15, -0.1) is 5.06 Å². The average Bonchev–Trinajstić information content (AvgIpc) is 3.31. The summed E-state index contributed by atoms with van der Waals surface area (Å²) in [6.45, 7) is 9.62. The van der Waals surface area contributed by atoms with E-state index in [0.29, 0.717) is 6.04 Å². The molecule has 28 heavy (non-hydrogen) atoms. The van der Waals surface area contributed by atoms with Crippen LogP contribution in [0.5, 0.6) is 0 Å². The summed E-state index contributed by atoms with van der Waals surface area (Å²) in [7, 11) is 0. The van der Waals surface area contributed by atoms with Crippen molar-refractivity contribution in [1.29, 1.82) is 0 Å². The zero-order valence-corrected chi connectivity index (χ0v) is 17.3. The average molecular weight is 387 g/mol. The van der Waals surface area contributed by atoms with E-state index in [0.717, 1.165) is 50.7 Å². The number of hydrogen-bond acceptors (Lipinski definition) is 5. The van der Waals surface area contributed by atoms with E-state index in [1.165, 1.54) is 43.5 Å². The largest absolute Gasteiger partial charge is 0.430 e. The first-order valence-electron chi connectivity index (χ1n) is 11.0. The van der Waals surface area contributed by atoms with Gasteiger partial charge in [0.25, 0.3) is 0 Å². The maximum Gasteiger partial charge on any atom is 0.430 e. The van der Waals surface area contributed by atoms with Crippen LogP contribution >= 0.6 is 0 Å². The second kappa shape index (κ2) is 8.70. The van der Waals surface area contributed by atoms with Gasteiger partial charge in [-0.2, -0.15) is 0 Å². The van der Waals surface area contributed by atoms with Gasteiger partial charge in [-0.05, 0) is 76.3 Å². The van der Waals surface area contributed by atoms with E-state index < -0.39 is 6.09 Å². The molecular weight excluding hydrogens is 352 g/mol. The third kappa shape index (κ3) is 4.44. The van der Waals surface area contributed by atoms with Crippen LogP contribution in [0.3, 0.4) is 0 Å². The lowest BCUT2D eigenvalue weighted by molar-refractivity contribution is -0.105. The first-order valence-corrected chi connectivity index (χ1v) is 11.0. The molecule has 0 bridgehead atoms. The SMILES string of the molecule is Cc1cc(NC(=O)ON2CCCCC2)ccc1N1CCC(N2CCCC2C)C1. The number of rotatable bonds is 4. The summed E-state index contributed by atoms with van der Waals surface area (Å²) in [4.78, 5) is 22.8. The molecule has 6 heteroatoms. The van der Waals surface area contributed by atoms with E-state index in [2.05, 4.69) is 41.1 Å². The number of carbonyl (C=O) groups excluding carboxylic acids is 1.